The van der Waals surface area contributed by atoms with E-state index in [2.05, 4.69) is 10.1 Å². The maximum Gasteiger partial charge on any atom is 0.274 e. The monoisotopic (exact) mass is 445 g/mol. The lowest BCUT2D eigenvalue weighted by Gasteiger charge is -2.15. The number of aromatic amines is 2. The SMILES string of the molecule is COc1cccc(-c2c3oc4cc(=O)ccc4c3[nH]c3c2c(=O)[nH]n3C2CCCC2)c1OC. The van der Waals surface area contributed by atoms with Crippen molar-refractivity contribution in [1.29, 1.82) is 0 Å². The van der Waals surface area contributed by atoms with Gasteiger partial charge in [0.05, 0.1) is 31.2 Å². The highest BCUT2D eigenvalue weighted by Crippen LogP contribution is 2.45. The van der Waals surface area contributed by atoms with E-state index in [1.54, 1.807) is 20.3 Å². The molecule has 33 heavy (non-hydrogen) atoms. The molecule has 5 aromatic rings. The van der Waals surface area contributed by atoms with E-state index in [4.69, 9.17) is 13.9 Å². The summed E-state index contributed by atoms with van der Waals surface area (Å²) in [6.07, 6.45) is 4.28. The first-order chi connectivity index (χ1) is 16.1. The van der Waals surface area contributed by atoms with E-state index in [9.17, 15) is 9.59 Å². The van der Waals surface area contributed by atoms with Crippen molar-refractivity contribution < 1.29 is 13.9 Å². The maximum absolute atomic E-state index is 13.4. The van der Waals surface area contributed by atoms with Crippen molar-refractivity contribution in [3.8, 4) is 22.6 Å². The minimum Gasteiger partial charge on any atom is -0.493 e. The number of aromatic nitrogens is 3. The Hall–Kier alpha value is -3.94. The van der Waals surface area contributed by atoms with Gasteiger partial charge in [-0.25, -0.2) is 0 Å². The number of ether oxygens (including phenoxy) is 2. The van der Waals surface area contributed by atoms with Crippen molar-refractivity contribution in [3.63, 3.8) is 0 Å². The van der Waals surface area contributed by atoms with Crippen LogP contribution < -0.4 is 20.5 Å². The molecule has 3 aromatic heterocycles. The Labute approximate surface area is 187 Å². The van der Waals surface area contributed by atoms with Gasteiger partial charge in [0.1, 0.15) is 11.2 Å². The number of furan rings is 1. The highest BCUT2D eigenvalue weighted by atomic mass is 16.5. The number of benzene rings is 2. The van der Waals surface area contributed by atoms with Gasteiger partial charge < -0.3 is 18.9 Å². The van der Waals surface area contributed by atoms with Crippen molar-refractivity contribution >= 4 is 33.1 Å². The molecule has 2 aromatic carbocycles. The third kappa shape index (κ3) is 2.83. The van der Waals surface area contributed by atoms with Crippen LogP contribution in [0.25, 0.3) is 44.2 Å². The second kappa shape index (κ2) is 7.30. The highest BCUT2D eigenvalue weighted by molar-refractivity contribution is 6.15. The molecule has 0 aliphatic heterocycles. The first kappa shape index (κ1) is 19.7. The summed E-state index contributed by atoms with van der Waals surface area (Å²) < 4.78 is 19.4. The van der Waals surface area contributed by atoms with Crippen molar-refractivity contribution in [3.05, 3.63) is 57.0 Å². The Morgan fingerprint density at radius 2 is 1.88 bits per heavy atom. The van der Waals surface area contributed by atoms with Gasteiger partial charge in [-0.1, -0.05) is 25.0 Å². The molecular formula is C25H23N3O5. The van der Waals surface area contributed by atoms with Crippen LogP contribution in [-0.4, -0.2) is 29.0 Å². The summed E-state index contributed by atoms with van der Waals surface area (Å²) in [5, 5.41) is 4.33. The zero-order valence-electron chi connectivity index (χ0n) is 18.4. The fourth-order valence-electron chi connectivity index (χ4n) is 5.19. The molecule has 0 amide bonds. The minimum absolute atomic E-state index is 0.139. The van der Waals surface area contributed by atoms with Crippen molar-refractivity contribution in [2.45, 2.75) is 31.7 Å². The van der Waals surface area contributed by atoms with Crippen LogP contribution in [-0.2, 0) is 0 Å². The topological polar surface area (TPSA) is 102 Å². The molecule has 0 radical (unpaired) electrons. The molecule has 0 unspecified atom stereocenters. The number of H-pyrrole nitrogens is 2. The van der Waals surface area contributed by atoms with Crippen molar-refractivity contribution in [2.75, 3.05) is 14.2 Å². The van der Waals surface area contributed by atoms with Gasteiger partial charge in [-0.3, -0.25) is 19.4 Å². The van der Waals surface area contributed by atoms with Crippen LogP contribution in [0.4, 0.5) is 0 Å². The zero-order chi connectivity index (χ0) is 22.7. The number of para-hydroxylation sites is 1. The summed E-state index contributed by atoms with van der Waals surface area (Å²) in [5.41, 5.74) is 3.32. The number of nitrogens with one attached hydrogen (secondary N) is 2. The Morgan fingerprint density at radius 3 is 2.64 bits per heavy atom. The van der Waals surface area contributed by atoms with E-state index in [0.717, 1.165) is 36.6 Å². The highest BCUT2D eigenvalue weighted by Gasteiger charge is 2.27. The van der Waals surface area contributed by atoms with E-state index in [-0.39, 0.29) is 17.0 Å². The third-order valence-electron chi connectivity index (χ3n) is 6.67. The molecule has 0 saturated heterocycles. The standard InChI is InChI=1S/C25H23N3O5/c1-31-17-9-5-8-16(22(17)32-2)19-20-24(28(27-25(20)30)13-6-3-4-7-13)26-21-15-11-10-14(29)12-18(15)33-23(19)21/h5,8-13,26H,3-4,6-7H2,1-2H3,(H,27,30). The van der Waals surface area contributed by atoms with Gasteiger partial charge in [0.25, 0.3) is 5.56 Å². The first-order valence-corrected chi connectivity index (χ1v) is 11.0. The molecule has 0 atom stereocenters. The van der Waals surface area contributed by atoms with E-state index >= 15 is 0 Å². The van der Waals surface area contributed by atoms with E-state index < -0.39 is 0 Å². The number of hydrogen-bond donors (Lipinski definition) is 2. The smallest absolute Gasteiger partial charge is 0.274 e. The van der Waals surface area contributed by atoms with E-state index in [1.165, 1.54) is 12.1 Å². The van der Waals surface area contributed by atoms with Crippen LogP contribution in [0.3, 0.4) is 0 Å². The Morgan fingerprint density at radius 1 is 1.06 bits per heavy atom. The van der Waals surface area contributed by atoms with Crippen LogP contribution in [0.15, 0.2) is 50.4 Å². The van der Waals surface area contributed by atoms with Crippen molar-refractivity contribution in [1.82, 2.24) is 14.8 Å². The molecule has 3 heterocycles. The molecule has 1 fully saturated rings. The largest absolute Gasteiger partial charge is 0.493 e. The molecule has 1 saturated carbocycles. The molecular weight excluding hydrogens is 422 g/mol. The lowest BCUT2D eigenvalue weighted by Crippen LogP contribution is -2.10. The van der Waals surface area contributed by atoms with Gasteiger partial charge in [0.2, 0.25) is 0 Å². The quantitative estimate of drug-likeness (QED) is 0.417. The fraction of sp³-hybridized carbons (Fsp3) is 0.280. The summed E-state index contributed by atoms with van der Waals surface area (Å²) in [6.45, 7) is 0. The Kier molecular flexibility index (Phi) is 4.36. The van der Waals surface area contributed by atoms with Crippen LogP contribution >= 0.6 is 0 Å². The lowest BCUT2D eigenvalue weighted by molar-refractivity contribution is 0.356. The number of pyridine rings is 1. The van der Waals surface area contributed by atoms with Gasteiger partial charge in [-0.15, -0.1) is 0 Å². The average molecular weight is 445 g/mol. The molecule has 168 valence electrons. The second-order valence-corrected chi connectivity index (χ2v) is 8.48. The van der Waals surface area contributed by atoms with Gasteiger partial charge in [0, 0.05) is 22.6 Å². The molecule has 0 spiro atoms. The van der Waals surface area contributed by atoms with Gasteiger partial charge in [-0.2, -0.15) is 0 Å². The summed E-state index contributed by atoms with van der Waals surface area (Å²) in [7, 11) is 3.15. The fourth-order valence-corrected chi connectivity index (χ4v) is 5.19. The van der Waals surface area contributed by atoms with E-state index in [1.807, 2.05) is 22.9 Å². The molecule has 1 aliphatic carbocycles. The molecule has 1 aliphatic rings. The lowest BCUT2D eigenvalue weighted by atomic mass is 10.00. The summed E-state index contributed by atoms with van der Waals surface area (Å²) in [5.74, 6) is 1.06. The molecule has 2 N–H and O–H groups in total. The van der Waals surface area contributed by atoms with Crippen LogP contribution in [0.2, 0.25) is 0 Å². The van der Waals surface area contributed by atoms with Gasteiger partial charge in [0.15, 0.2) is 22.5 Å². The van der Waals surface area contributed by atoms with Gasteiger partial charge in [-0.05, 0) is 31.0 Å². The number of nitrogens with zero attached hydrogens (tertiary/aromatic N) is 1. The first-order valence-electron chi connectivity index (χ1n) is 11.0. The third-order valence-corrected chi connectivity index (χ3v) is 6.67. The summed E-state index contributed by atoms with van der Waals surface area (Å²) >= 11 is 0. The zero-order valence-corrected chi connectivity index (χ0v) is 18.4. The summed E-state index contributed by atoms with van der Waals surface area (Å²) in [6, 6.07) is 10.5. The second-order valence-electron chi connectivity index (χ2n) is 8.48. The molecule has 6 rings (SSSR count). The average Bonchev–Trinajstić information content (AvgIpc) is 3.55. The maximum atomic E-state index is 13.4. The predicted molar refractivity (Wildman–Crippen MR) is 127 cm³/mol. The predicted octanol–water partition coefficient (Wildman–Crippen LogP) is 4.72. The molecule has 0 bridgehead atoms. The number of methoxy groups -OCH3 is 2. The van der Waals surface area contributed by atoms with Crippen LogP contribution in [0.5, 0.6) is 11.5 Å². The molecule has 8 nitrogen and oxygen atoms in total. The van der Waals surface area contributed by atoms with Gasteiger partial charge >= 0.3 is 0 Å². The van der Waals surface area contributed by atoms with Crippen LogP contribution in [0.1, 0.15) is 31.7 Å². The number of fused-ring (bicyclic) bond motifs is 4. The summed E-state index contributed by atoms with van der Waals surface area (Å²) in [4.78, 5) is 28.8. The Bertz CT molecular complexity index is 1650. The number of hydrogen-bond acceptors (Lipinski definition) is 5. The molecule has 8 heteroatoms. The normalized spacial score (nSPS) is 14.6. The van der Waals surface area contributed by atoms with E-state index in [0.29, 0.717) is 44.8 Å². The minimum atomic E-state index is -0.208. The van der Waals surface area contributed by atoms with Crippen molar-refractivity contribution in [2.24, 2.45) is 0 Å². The van der Waals surface area contributed by atoms with Crippen LogP contribution in [0, 0.1) is 0 Å². The Balaban J connectivity index is 1.82. The number of rotatable bonds is 4.